The molecule has 0 aliphatic carbocycles. The number of aliphatic hydroxyl groups excluding tert-OH is 2. The SMILES string of the molecule is COc1cccc(-c2cc(F)ccc2C2C[C@H]3N=C(N)N=C(C)C3C(=NCC[C@H](O)CO)N2)n1. The van der Waals surface area contributed by atoms with Crippen molar-refractivity contribution in [3.63, 3.8) is 0 Å². The van der Waals surface area contributed by atoms with E-state index in [0.717, 1.165) is 11.3 Å². The molecule has 2 aromatic rings. The molecule has 0 spiro atoms. The van der Waals surface area contributed by atoms with Crippen molar-refractivity contribution in [3.8, 4) is 17.1 Å². The second-order valence-electron chi connectivity index (χ2n) is 8.41. The summed E-state index contributed by atoms with van der Waals surface area (Å²) in [6.07, 6.45) is 0.0807. The molecule has 1 saturated heterocycles. The minimum atomic E-state index is -0.836. The fourth-order valence-corrected chi connectivity index (χ4v) is 4.45. The highest BCUT2D eigenvalue weighted by molar-refractivity contribution is 6.11. The fraction of sp³-hybridized carbons (Fsp3) is 0.417. The van der Waals surface area contributed by atoms with Gasteiger partial charge in [0, 0.05) is 23.9 Å². The number of methoxy groups -OCH3 is 1. The number of piperidine rings is 1. The molecular formula is C24H29FN6O3. The van der Waals surface area contributed by atoms with Crippen molar-refractivity contribution < 1.29 is 19.3 Å². The van der Waals surface area contributed by atoms with E-state index in [2.05, 4.69) is 25.3 Å². The molecule has 0 bridgehead atoms. The van der Waals surface area contributed by atoms with Crippen molar-refractivity contribution in [2.24, 2.45) is 26.6 Å². The molecule has 1 aromatic heterocycles. The number of fused-ring (bicyclic) bond motifs is 1. The number of aliphatic imine (C=N–C) groups is 3. The molecule has 10 heteroatoms. The van der Waals surface area contributed by atoms with Crippen LogP contribution in [0.3, 0.4) is 0 Å². The molecule has 180 valence electrons. The number of hydrogen-bond acceptors (Lipinski definition) is 8. The molecule has 5 N–H and O–H groups in total. The summed E-state index contributed by atoms with van der Waals surface area (Å²) in [5.41, 5.74) is 8.84. The van der Waals surface area contributed by atoms with E-state index >= 15 is 0 Å². The largest absolute Gasteiger partial charge is 0.481 e. The molecule has 0 saturated carbocycles. The van der Waals surface area contributed by atoms with Crippen LogP contribution in [0.25, 0.3) is 11.3 Å². The van der Waals surface area contributed by atoms with Gasteiger partial charge in [0.2, 0.25) is 11.8 Å². The summed E-state index contributed by atoms with van der Waals surface area (Å²) >= 11 is 0. The summed E-state index contributed by atoms with van der Waals surface area (Å²) < 4.78 is 19.6. The predicted octanol–water partition coefficient (Wildman–Crippen LogP) is 1.85. The molecule has 2 aliphatic heterocycles. The van der Waals surface area contributed by atoms with Crippen molar-refractivity contribution in [3.05, 3.63) is 47.8 Å². The van der Waals surface area contributed by atoms with Gasteiger partial charge in [-0.05, 0) is 43.5 Å². The summed E-state index contributed by atoms with van der Waals surface area (Å²) in [4.78, 5) is 18.1. The van der Waals surface area contributed by atoms with Crippen LogP contribution >= 0.6 is 0 Å². The van der Waals surface area contributed by atoms with Crippen LogP contribution in [0.1, 0.15) is 31.4 Å². The Kier molecular flexibility index (Phi) is 7.18. The molecular weight excluding hydrogens is 439 g/mol. The number of amidine groups is 1. The Labute approximate surface area is 197 Å². The van der Waals surface area contributed by atoms with Crippen LogP contribution in [0.5, 0.6) is 5.88 Å². The zero-order valence-corrected chi connectivity index (χ0v) is 19.1. The first-order chi connectivity index (χ1) is 16.4. The second-order valence-corrected chi connectivity index (χ2v) is 8.41. The number of hydrogen-bond donors (Lipinski definition) is 4. The van der Waals surface area contributed by atoms with Crippen LogP contribution in [0, 0.1) is 11.7 Å². The van der Waals surface area contributed by atoms with Crippen molar-refractivity contribution in [1.29, 1.82) is 0 Å². The molecule has 4 atom stereocenters. The number of aromatic nitrogens is 1. The number of nitrogens with one attached hydrogen (secondary N) is 1. The highest BCUT2D eigenvalue weighted by atomic mass is 19.1. The predicted molar refractivity (Wildman–Crippen MR) is 129 cm³/mol. The molecule has 34 heavy (non-hydrogen) atoms. The number of nitrogens with zero attached hydrogens (tertiary/aromatic N) is 4. The Morgan fingerprint density at radius 1 is 1.32 bits per heavy atom. The van der Waals surface area contributed by atoms with Crippen LogP contribution in [-0.4, -0.2) is 65.1 Å². The Morgan fingerprint density at radius 3 is 2.91 bits per heavy atom. The third kappa shape index (κ3) is 5.07. The quantitative estimate of drug-likeness (QED) is 0.489. The molecule has 2 unspecified atom stereocenters. The van der Waals surface area contributed by atoms with Gasteiger partial charge in [-0.3, -0.25) is 4.99 Å². The second kappa shape index (κ2) is 10.3. The number of ether oxygens (including phenoxy) is 1. The number of benzene rings is 1. The third-order valence-electron chi connectivity index (χ3n) is 6.07. The lowest BCUT2D eigenvalue weighted by molar-refractivity contribution is 0.0903. The summed E-state index contributed by atoms with van der Waals surface area (Å²) in [5, 5.41) is 22.3. The number of halogens is 1. The van der Waals surface area contributed by atoms with E-state index in [4.69, 9.17) is 15.6 Å². The van der Waals surface area contributed by atoms with E-state index in [9.17, 15) is 9.50 Å². The molecule has 1 fully saturated rings. The van der Waals surface area contributed by atoms with Crippen LogP contribution in [0.4, 0.5) is 4.39 Å². The maximum Gasteiger partial charge on any atom is 0.215 e. The Hall–Kier alpha value is -3.37. The van der Waals surface area contributed by atoms with Gasteiger partial charge in [-0.1, -0.05) is 12.1 Å². The first-order valence-corrected chi connectivity index (χ1v) is 11.2. The monoisotopic (exact) mass is 468 g/mol. The van der Waals surface area contributed by atoms with Crippen LogP contribution in [0.15, 0.2) is 51.4 Å². The average Bonchev–Trinajstić information content (AvgIpc) is 2.83. The van der Waals surface area contributed by atoms with Gasteiger partial charge < -0.3 is 26.0 Å². The van der Waals surface area contributed by atoms with Crippen LogP contribution < -0.4 is 15.8 Å². The lowest BCUT2D eigenvalue weighted by Crippen LogP contribution is -2.51. The molecule has 3 heterocycles. The van der Waals surface area contributed by atoms with Gasteiger partial charge in [0.15, 0.2) is 0 Å². The summed E-state index contributed by atoms with van der Waals surface area (Å²) in [7, 11) is 1.53. The molecule has 9 nitrogen and oxygen atoms in total. The van der Waals surface area contributed by atoms with Gasteiger partial charge in [0.25, 0.3) is 0 Å². The molecule has 2 aliphatic rings. The average molecular weight is 469 g/mol. The number of rotatable bonds is 7. The normalized spacial score (nSPS) is 24.0. The van der Waals surface area contributed by atoms with E-state index in [-0.39, 0.29) is 36.4 Å². The minimum absolute atomic E-state index is 0.173. The molecule has 0 radical (unpaired) electrons. The highest BCUT2D eigenvalue weighted by Gasteiger charge is 2.40. The maximum atomic E-state index is 14.3. The zero-order chi connectivity index (χ0) is 24.2. The van der Waals surface area contributed by atoms with Crippen LogP contribution in [-0.2, 0) is 0 Å². The number of aliphatic hydroxyl groups is 2. The van der Waals surface area contributed by atoms with E-state index in [1.807, 2.05) is 19.1 Å². The molecule has 1 aromatic carbocycles. The van der Waals surface area contributed by atoms with Gasteiger partial charge in [-0.15, -0.1) is 0 Å². The smallest absolute Gasteiger partial charge is 0.215 e. The van der Waals surface area contributed by atoms with E-state index < -0.39 is 6.10 Å². The summed E-state index contributed by atoms with van der Waals surface area (Å²) in [6.45, 7) is 1.89. The number of guanidine groups is 1. The highest BCUT2D eigenvalue weighted by Crippen LogP contribution is 2.37. The first-order valence-electron chi connectivity index (χ1n) is 11.2. The summed E-state index contributed by atoms with van der Waals surface area (Å²) in [6, 6.07) is 9.55. The van der Waals surface area contributed by atoms with Gasteiger partial charge >= 0.3 is 0 Å². The number of nitrogens with two attached hydrogens (primary N) is 1. The van der Waals surface area contributed by atoms with Crippen LogP contribution in [0.2, 0.25) is 0 Å². The van der Waals surface area contributed by atoms with Gasteiger partial charge in [0.1, 0.15) is 11.7 Å². The Balaban J connectivity index is 1.72. The first kappa shape index (κ1) is 23.8. The fourth-order valence-electron chi connectivity index (χ4n) is 4.45. The van der Waals surface area contributed by atoms with Crippen molar-refractivity contribution in [2.75, 3.05) is 20.3 Å². The van der Waals surface area contributed by atoms with Crippen molar-refractivity contribution >= 4 is 17.5 Å². The third-order valence-corrected chi connectivity index (χ3v) is 6.07. The lowest BCUT2D eigenvalue weighted by Gasteiger charge is -2.39. The van der Waals surface area contributed by atoms with E-state index in [0.29, 0.717) is 42.4 Å². The lowest BCUT2D eigenvalue weighted by atomic mass is 9.81. The van der Waals surface area contributed by atoms with Crippen molar-refractivity contribution in [2.45, 2.75) is 38.0 Å². The van der Waals surface area contributed by atoms with Crippen molar-refractivity contribution in [1.82, 2.24) is 10.3 Å². The topological polar surface area (TPSA) is 138 Å². The minimum Gasteiger partial charge on any atom is -0.481 e. The van der Waals surface area contributed by atoms with Gasteiger partial charge in [0.05, 0.1) is 43.5 Å². The van der Waals surface area contributed by atoms with Gasteiger partial charge in [-0.2, -0.15) is 0 Å². The standard InChI is InChI=1S/C24H29FN6O3/c1-13-22-20(31-24(26)28-13)11-19(30-23(22)27-9-8-15(33)12-32)16-7-6-14(25)10-17(16)18-4-3-5-21(29-18)34-2/h3-7,10,15,19-20,22,32-33H,8-9,11-12H2,1-2H3,(H2,26,31)(H,27,30)/t15-,19?,20+,22?/m0/s1. The Bertz CT molecular complexity index is 1140. The van der Waals surface area contributed by atoms with Gasteiger partial charge in [-0.25, -0.2) is 19.4 Å². The van der Waals surface area contributed by atoms with E-state index in [1.165, 1.54) is 19.2 Å². The molecule has 4 rings (SSSR count). The zero-order valence-electron chi connectivity index (χ0n) is 19.1. The van der Waals surface area contributed by atoms with E-state index in [1.54, 1.807) is 12.1 Å². The number of pyridine rings is 1. The molecule has 0 amide bonds. The Morgan fingerprint density at radius 2 is 2.15 bits per heavy atom. The summed E-state index contributed by atoms with van der Waals surface area (Å²) in [5.74, 6) is 0.798. The maximum absolute atomic E-state index is 14.3.